The van der Waals surface area contributed by atoms with Crippen LogP contribution in [0.1, 0.15) is 26.8 Å². The van der Waals surface area contributed by atoms with E-state index < -0.39 is 11.6 Å². The first-order valence-electron chi connectivity index (χ1n) is 6.04. The molecular weight excluding hydrogens is 236 g/mol. The van der Waals surface area contributed by atoms with Gasteiger partial charge in [-0.25, -0.2) is 13.8 Å². The Morgan fingerprint density at radius 3 is 2.56 bits per heavy atom. The van der Waals surface area contributed by atoms with Crippen molar-refractivity contribution in [2.45, 2.75) is 32.9 Å². The van der Waals surface area contributed by atoms with E-state index in [4.69, 9.17) is 0 Å². The van der Waals surface area contributed by atoms with Crippen molar-refractivity contribution in [2.24, 2.45) is 0 Å². The molecule has 1 unspecified atom stereocenters. The van der Waals surface area contributed by atoms with Crippen LogP contribution in [0, 0.1) is 11.6 Å². The van der Waals surface area contributed by atoms with Gasteiger partial charge < -0.3 is 9.88 Å². The zero-order valence-electron chi connectivity index (χ0n) is 10.7. The van der Waals surface area contributed by atoms with Crippen LogP contribution in [0.25, 0.3) is 11.0 Å². The van der Waals surface area contributed by atoms with E-state index in [0.29, 0.717) is 17.1 Å². The highest BCUT2D eigenvalue weighted by Gasteiger charge is 2.13. The monoisotopic (exact) mass is 253 g/mol. The fraction of sp³-hybridized carbons (Fsp3) is 0.462. The summed E-state index contributed by atoms with van der Waals surface area (Å²) in [4.78, 5) is 4.10. The summed E-state index contributed by atoms with van der Waals surface area (Å²) in [6.07, 6.45) is 1.62. The maximum atomic E-state index is 13.3. The van der Waals surface area contributed by atoms with Crippen molar-refractivity contribution < 1.29 is 8.78 Å². The number of benzene rings is 1. The van der Waals surface area contributed by atoms with Gasteiger partial charge in [0.2, 0.25) is 0 Å². The zero-order chi connectivity index (χ0) is 13.3. The van der Waals surface area contributed by atoms with Gasteiger partial charge >= 0.3 is 0 Å². The molecular formula is C13H17F2N3. The van der Waals surface area contributed by atoms with Crippen LogP contribution in [0.3, 0.4) is 0 Å². The Morgan fingerprint density at radius 2 is 1.89 bits per heavy atom. The molecule has 0 bridgehead atoms. The molecule has 1 N–H and O–H groups in total. The van der Waals surface area contributed by atoms with Gasteiger partial charge in [0.15, 0.2) is 11.6 Å². The molecule has 0 aliphatic heterocycles. The summed E-state index contributed by atoms with van der Waals surface area (Å²) in [5.74, 6) is -1.70. The molecule has 0 radical (unpaired) electrons. The number of aromatic nitrogens is 2. The molecule has 0 aliphatic rings. The smallest absolute Gasteiger partial charge is 0.161 e. The fourth-order valence-corrected chi connectivity index (χ4v) is 1.88. The van der Waals surface area contributed by atoms with Crippen LogP contribution in [0.2, 0.25) is 0 Å². The molecule has 2 aromatic rings. The number of fused-ring (bicyclic) bond motifs is 1. The predicted molar refractivity (Wildman–Crippen MR) is 67.5 cm³/mol. The van der Waals surface area contributed by atoms with Gasteiger partial charge in [-0.3, -0.25) is 0 Å². The lowest BCUT2D eigenvalue weighted by Gasteiger charge is -2.17. The molecule has 0 fully saturated rings. The van der Waals surface area contributed by atoms with E-state index in [-0.39, 0.29) is 6.04 Å². The fourth-order valence-electron chi connectivity index (χ4n) is 1.88. The Bertz CT molecular complexity index is 548. The first-order valence-corrected chi connectivity index (χ1v) is 6.04. The normalized spacial score (nSPS) is 13.4. The topological polar surface area (TPSA) is 29.9 Å². The molecule has 3 nitrogen and oxygen atoms in total. The third kappa shape index (κ3) is 2.51. The second kappa shape index (κ2) is 5.02. The number of hydrogen-bond acceptors (Lipinski definition) is 2. The minimum absolute atomic E-state index is 0.127. The first-order chi connectivity index (χ1) is 8.49. The third-order valence-corrected chi connectivity index (χ3v) is 2.91. The van der Waals surface area contributed by atoms with Crippen molar-refractivity contribution in [3.63, 3.8) is 0 Å². The van der Waals surface area contributed by atoms with Crippen LogP contribution in [-0.4, -0.2) is 22.1 Å². The number of nitrogens with one attached hydrogen (secondary N) is 1. The lowest BCUT2D eigenvalue weighted by molar-refractivity contribution is 0.470. The highest BCUT2D eigenvalue weighted by Crippen LogP contribution is 2.20. The maximum Gasteiger partial charge on any atom is 0.161 e. The van der Waals surface area contributed by atoms with Crippen LogP contribution in [-0.2, 0) is 0 Å². The van der Waals surface area contributed by atoms with Gasteiger partial charge in [-0.1, -0.05) is 13.8 Å². The van der Waals surface area contributed by atoms with Gasteiger partial charge in [-0.05, 0) is 6.92 Å². The van der Waals surface area contributed by atoms with Crippen LogP contribution >= 0.6 is 0 Å². The van der Waals surface area contributed by atoms with E-state index in [1.807, 2.05) is 11.5 Å². The summed E-state index contributed by atoms with van der Waals surface area (Å²) in [5.41, 5.74) is 1.09. The van der Waals surface area contributed by atoms with Gasteiger partial charge in [0.25, 0.3) is 0 Å². The van der Waals surface area contributed by atoms with Crippen molar-refractivity contribution >= 4 is 11.0 Å². The number of imidazole rings is 1. The second-order valence-corrected chi connectivity index (χ2v) is 4.82. The third-order valence-electron chi connectivity index (χ3n) is 2.91. The molecule has 0 spiro atoms. The van der Waals surface area contributed by atoms with Crippen LogP contribution in [0.5, 0.6) is 0 Å². The molecule has 0 amide bonds. The standard InChI is InChI=1S/C13H17F2N3/c1-8(2)16-6-9(3)18-7-17-12-4-10(14)11(15)5-13(12)18/h4-5,7-9,16H,6H2,1-3H3. The molecule has 18 heavy (non-hydrogen) atoms. The Labute approximate surface area is 105 Å². The molecule has 1 heterocycles. The van der Waals surface area contributed by atoms with E-state index in [2.05, 4.69) is 24.1 Å². The molecule has 0 saturated carbocycles. The Balaban J connectivity index is 2.31. The van der Waals surface area contributed by atoms with Crippen molar-refractivity contribution in [3.8, 4) is 0 Å². The predicted octanol–water partition coefficient (Wildman–Crippen LogP) is 2.87. The van der Waals surface area contributed by atoms with E-state index in [1.165, 1.54) is 6.07 Å². The van der Waals surface area contributed by atoms with Gasteiger partial charge in [0, 0.05) is 30.8 Å². The van der Waals surface area contributed by atoms with Gasteiger partial charge in [-0.15, -0.1) is 0 Å². The Kier molecular flexibility index (Phi) is 3.61. The molecule has 0 aliphatic carbocycles. The number of nitrogens with zero attached hydrogens (tertiary/aromatic N) is 2. The highest BCUT2D eigenvalue weighted by atomic mass is 19.2. The summed E-state index contributed by atoms with van der Waals surface area (Å²) in [7, 11) is 0. The Morgan fingerprint density at radius 1 is 1.22 bits per heavy atom. The second-order valence-electron chi connectivity index (χ2n) is 4.82. The molecule has 5 heteroatoms. The van der Waals surface area contributed by atoms with Gasteiger partial charge in [0.05, 0.1) is 17.4 Å². The molecule has 0 saturated heterocycles. The number of rotatable bonds is 4. The summed E-state index contributed by atoms with van der Waals surface area (Å²) in [5, 5.41) is 3.31. The summed E-state index contributed by atoms with van der Waals surface area (Å²) in [6, 6.07) is 2.84. The van der Waals surface area contributed by atoms with Crippen molar-refractivity contribution in [3.05, 3.63) is 30.1 Å². The molecule has 98 valence electrons. The summed E-state index contributed by atoms with van der Waals surface area (Å²) < 4.78 is 28.2. The molecule has 2 rings (SSSR count). The quantitative estimate of drug-likeness (QED) is 0.908. The SMILES string of the molecule is CC(C)NCC(C)n1cnc2cc(F)c(F)cc21. The van der Waals surface area contributed by atoms with Crippen LogP contribution in [0.4, 0.5) is 8.78 Å². The largest absolute Gasteiger partial charge is 0.326 e. The van der Waals surface area contributed by atoms with Crippen molar-refractivity contribution in [1.82, 2.24) is 14.9 Å². The minimum Gasteiger partial charge on any atom is -0.326 e. The number of hydrogen-bond donors (Lipinski definition) is 1. The van der Waals surface area contributed by atoms with E-state index >= 15 is 0 Å². The zero-order valence-corrected chi connectivity index (χ0v) is 10.7. The van der Waals surface area contributed by atoms with Crippen molar-refractivity contribution in [2.75, 3.05) is 6.54 Å². The highest BCUT2D eigenvalue weighted by molar-refractivity contribution is 5.75. The van der Waals surface area contributed by atoms with E-state index in [9.17, 15) is 8.78 Å². The molecule has 1 aromatic carbocycles. The van der Waals surface area contributed by atoms with E-state index in [1.54, 1.807) is 6.33 Å². The molecule has 1 atom stereocenters. The lowest BCUT2D eigenvalue weighted by Crippen LogP contribution is -2.29. The molecule has 1 aromatic heterocycles. The maximum absolute atomic E-state index is 13.3. The first kappa shape index (κ1) is 13.0. The average Bonchev–Trinajstić information content (AvgIpc) is 2.69. The number of halogens is 2. The summed E-state index contributed by atoms with van der Waals surface area (Å²) >= 11 is 0. The van der Waals surface area contributed by atoms with Gasteiger partial charge in [0.1, 0.15) is 0 Å². The van der Waals surface area contributed by atoms with E-state index in [0.717, 1.165) is 12.6 Å². The van der Waals surface area contributed by atoms with Crippen molar-refractivity contribution in [1.29, 1.82) is 0 Å². The van der Waals surface area contributed by atoms with Gasteiger partial charge in [-0.2, -0.15) is 0 Å². The summed E-state index contributed by atoms with van der Waals surface area (Å²) in [6.45, 7) is 6.89. The average molecular weight is 253 g/mol. The lowest BCUT2D eigenvalue weighted by atomic mass is 10.2. The Hall–Kier alpha value is -1.49. The minimum atomic E-state index is -0.860. The van der Waals surface area contributed by atoms with Crippen LogP contribution < -0.4 is 5.32 Å². The van der Waals surface area contributed by atoms with Crippen LogP contribution in [0.15, 0.2) is 18.5 Å².